The summed E-state index contributed by atoms with van der Waals surface area (Å²) in [6, 6.07) is 11.6. The second-order valence-corrected chi connectivity index (χ2v) is 6.42. The van der Waals surface area contributed by atoms with Gasteiger partial charge in [0.1, 0.15) is 11.6 Å². The van der Waals surface area contributed by atoms with E-state index in [1.807, 2.05) is 25.2 Å². The van der Waals surface area contributed by atoms with Crippen LogP contribution in [0.25, 0.3) is 0 Å². The molecule has 6 heteroatoms. The van der Waals surface area contributed by atoms with Crippen molar-refractivity contribution in [1.82, 2.24) is 10.3 Å². The Balaban J connectivity index is 1.47. The first kappa shape index (κ1) is 16.6. The fourth-order valence-electron chi connectivity index (χ4n) is 2.73. The molecule has 1 N–H and O–H groups in total. The van der Waals surface area contributed by atoms with Crippen molar-refractivity contribution in [2.24, 2.45) is 5.92 Å². The maximum absolute atomic E-state index is 12.1. The summed E-state index contributed by atoms with van der Waals surface area (Å²) < 4.78 is 5.75. The number of nitrogens with zero attached hydrogens (tertiary/aromatic N) is 2. The number of pyridine rings is 1. The molecule has 1 aromatic heterocycles. The number of para-hydroxylation sites is 1. The van der Waals surface area contributed by atoms with Gasteiger partial charge in [-0.05, 0) is 30.2 Å². The minimum absolute atomic E-state index is 0.0342. The predicted molar refractivity (Wildman–Crippen MR) is 94.7 cm³/mol. The fraction of sp³-hybridized carbons (Fsp3) is 0.333. The summed E-state index contributed by atoms with van der Waals surface area (Å²) in [6.07, 6.45) is 2.49. The van der Waals surface area contributed by atoms with Crippen molar-refractivity contribution in [2.75, 3.05) is 31.6 Å². The zero-order chi connectivity index (χ0) is 16.9. The lowest BCUT2D eigenvalue weighted by Crippen LogP contribution is -2.40. The topological polar surface area (TPSA) is 54.5 Å². The number of likely N-dealkylation sites (N-methyl/N-ethyl adjacent to an activating group) is 1. The van der Waals surface area contributed by atoms with Gasteiger partial charge in [-0.2, -0.15) is 0 Å². The molecule has 3 rings (SSSR count). The van der Waals surface area contributed by atoms with Gasteiger partial charge >= 0.3 is 0 Å². The fourth-order valence-corrected chi connectivity index (χ4v) is 2.84. The monoisotopic (exact) mass is 345 g/mol. The molecule has 1 aliphatic heterocycles. The number of halogens is 1. The van der Waals surface area contributed by atoms with E-state index < -0.39 is 0 Å². The summed E-state index contributed by atoms with van der Waals surface area (Å²) in [5, 5.41) is 3.56. The average molecular weight is 346 g/mol. The molecule has 5 nitrogen and oxygen atoms in total. The van der Waals surface area contributed by atoms with Gasteiger partial charge in [-0.15, -0.1) is 0 Å². The zero-order valence-corrected chi connectivity index (χ0v) is 14.3. The zero-order valence-electron chi connectivity index (χ0n) is 13.5. The third-order valence-electron chi connectivity index (χ3n) is 4.03. The minimum Gasteiger partial charge on any atom is -0.493 e. The lowest BCUT2D eigenvalue weighted by Gasteiger charge is -2.26. The van der Waals surface area contributed by atoms with Crippen LogP contribution in [0.2, 0.25) is 5.02 Å². The van der Waals surface area contributed by atoms with Gasteiger partial charge in [0.15, 0.2) is 0 Å². The van der Waals surface area contributed by atoms with Crippen LogP contribution in [-0.4, -0.2) is 37.6 Å². The number of hydrogen-bond acceptors (Lipinski definition) is 4. The number of aromatic nitrogens is 1. The molecule has 0 aliphatic carbocycles. The third-order valence-corrected chi connectivity index (χ3v) is 4.25. The molecule has 0 fully saturated rings. The molecule has 1 atom stereocenters. The second-order valence-electron chi connectivity index (χ2n) is 5.98. The van der Waals surface area contributed by atoms with Crippen molar-refractivity contribution in [3.8, 4) is 5.75 Å². The van der Waals surface area contributed by atoms with E-state index in [2.05, 4.69) is 16.4 Å². The maximum atomic E-state index is 12.1. The first-order valence-corrected chi connectivity index (χ1v) is 8.29. The third kappa shape index (κ3) is 4.17. The number of carbonyl (C=O) groups excluding carboxylic acids is 1. The van der Waals surface area contributed by atoms with Crippen molar-refractivity contribution in [3.63, 3.8) is 0 Å². The lowest BCUT2D eigenvalue weighted by molar-refractivity contribution is -0.120. The van der Waals surface area contributed by atoms with Gasteiger partial charge in [0, 0.05) is 25.7 Å². The van der Waals surface area contributed by atoms with E-state index in [1.165, 1.54) is 5.56 Å². The second kappa shape index (κ2) is 7.53. The van der Waals surface area contributed by atoms with Crippen LogP contribution in [0.5, 0.6) is 5.75 Å². The van der Waals surface area contributed by atoms with Crippen molar-refractivity contribution in [2.45, 2.75) is 6.42 Å². The van der Waals surface area contributed by atoms with Crippen LogP contribution in [-0.2, 0) is 11.2 Å². The van der Waals surface area contributed by atoms with Crippen LogP contribution in [0.15, 0.2) is 42.6 Å². The average Bonchev–Trinajstić information content (AvgIpc) is 2.60. The number of anilines is 1. The Morgan fingerprint density at radius 1 is 1.38 bits per heavy atom. The van der Waals surface area contributed by atoms with Gasteiger partial charge in [-0.1, -0.05) is 29.8 Å². The molecule has 126 valence electrons. The Labute approximate surface area is 146 Å². The van der Waals surface area contributed by atoms with E-state index in [4.69, 9.17) is 16.3 Å². The van der Waals surface area contributed by atoms with Crippen LogP contribution in [0.3, 0.4) is 0 Å². The van der Waals surface area contributed by atoms with Crippen LogP contribution in [0.1, 0.15) is 5.56 Å². The summed E-state index contributed by atoms with van der Waals surface area (Å²) in [6.45, 7) is 1.49. The highest BCUT2D eigenvalue weighted by Crippen LogP contribution is 2.26. The highest BCUT2D eigenvalue weighted by atomic mass is 35.5. The van der Waals surface area contributed by atoms with E-state index in [0.717, 1.165) is 12.2 Å². The standard InChI is InChI=1S/C18H20ClN3O2/c1-22(17-7-6-15(19)10-20-17)11-18(23)21-9-13-8-14-4-2-3-5-16(14)24-12-13/h2-7,10,13H,8-9,11-12H2,1H3,(H,21,23)/t13-/m1/s1. The number of hydrogen-bond donors (Lipinski definition) is 1. The highest BCUT2D eigenvalue weighted by molar-refractivity contribution is 6.30. The molecule has 0 unspecified atom stereocenters. The smallest absolute Gasteiger partial charge is 0.239 e. The quantitative estimate of drug-likeness (QED) is 0.904. The summed E-state index contributed by atoms with van der Waals surface area (Å²) in [5.74, 6) is 1.93. The molecule has 0 radical (unpaired) electrons. The molecule has 0 spiro atoms. The first-order valence-electron chi connectivity index (χ1n) is 7.92. The number of rotatable bonds is 5. The molecule has 0 saturated carbocycles. The van der Waals surface area contributed by atoms with Gasteiger partial charge < -0.3 is 15.0 Å². The largest absolute Gasteiger partial charge is 0.493 e. The minimum atomic E-state index is -0.0342. The Morgan fingerprint density at radius 2 is 2.21 bits per heavy atom. The van der Waals surface area contributed by atoms with Gasteiger partial charge in [0.25, 0.3) is 0 Å². The number of nitrogens with one attached hydrogen (secondary N) is 1. The Kier molecular flexibility index (Phi) is 5.20. The lowest BCUT2D eigenvalue weighted by atomic mass is 9.97. The molecule has 24 heavy (non-hydrogen) atoms. The molecule has 1 aromatic carbocycles. The van der Waals surface area contributed by atoms with Crippen molar-refractivity contribution >= 4 is 23.3 Å². The Morgan fingerprint density at radius 3 is 3.00 bits per heavy atom. The van der Waals surface area contributed by atoms with Gasteiger partial charge in [-0.3, -0.25) is 4.79 Å². The molecule has 1 aliphatic rings. The number of benzene rings is 1. The normalized spacial score (nSPS) is 16.0. The van der Waals surface area contributed by atoms with Crippen LogP contribution in [0.4, 0.5) is 5.82 Å². The maximum Gasteiger partial charge on any atom is 0.239 e. The molecular weight excluding hydrogens is 326 g/mol. The summed E-state index contributed by atoms with van der Waals surface area (Å²) in [5.41, 5.74) is 1.20. The van der Waals surface area contributed by atoms with E-state index in [0.29, 0.717) is 29.9 Å². The van der Waals surface area contributed by atoms with E-state index in [9.17, 15) is 4.79 Å². The molecule has 2 aromatic rings. The molecule has 2 heterocycles. The summed E-state index contributed by atoms with van der Waals surface area (Å²) in [7, 11) is 1.83. The first-order chi connectivity index (χ1) is 11.6. The Hall–Kier alpha value is -2.27. The van der Waals surface area contributed by atoms with Gasteiger partial charge in [0.2, 0.25) is 5.91 Å². The van der Waals surface area contributed by atoms with Crippen LogP contribution < -0.4 is 15.0 Å². The summed E-state index contributed by atoms with van der Waals surface area (Å²) >= 11 is 5.82. The summed E-state index contributed by atoms with van der Waals surface area (Å²) in [4.78, 5) is 18.1. The van der Waals surface area contributed by atoms with Gasteiger partial charge in [-0.25, -0.2) is 4.98 Å². The highest BCUT2D eigenvalue weighted by Gasteiger charge is 2.20. The molecular formula is C18H20ClN3O2. The van der Waals surface area contributed by atoms with E-state index in [-0.39, 0.29) is 12.5 Å². The van der Waals surface area contributed by atoms with Crippen molar-refractivity contribution in [1.29, 1.82) is 0 Å². The van der Waals surface area contributed by atoms with Crippen LogP contribution >= 0.6 is 11.6 Å². The number of ether oxygens (including phenoxy) is 1. The molecule has 0 saturated heterocycles. The SMILES string of the molecule is CN(CC(=O)NC[C@@H]1COc2ccccc2C1)c1ccc(Cl)cn1. The van der Waals surface area contributed by atoms with Crippen LogP contribution in [0, 0.1) is 5.92 Å². The van der Waals surface area contributed by atoms with E-state index in [1.54, 1.807) is 23.2 Å². The van der Waals surface area contributed by atoms with Crippen molar-refractivity contribution in [3.05, 3.63) is 53.2 Å². The van der Waals surface area contributed by atoms with E-state index >= 15 is 0 Å². The number of fused-ring (bicyclic) bond motifs is 1. The number of amides is 1. The molecule has 1 amide bonds. The van der Waals surface area contributed by atoms with Gasteiger partial charge in [0.05, 0.1) is 18.2 Å². The number of carbonyl (C=O) groups is 1. The predicted octanol–water partition coefficient (Wildman–Crippen LogP) is 2.54. The Bertz CT molecular complexity index is 706. The van der Waals surface area contributed by atoms with Crippen molar-refractivity contribution < 1.29 is 9.53 Å². The molecule has 0 bridgehead atoms.